The lowest BCUT2D eigenvalue weighted by Crippen LogP contribution is -2.41. The number of anilines is 1. The lowest BCUT2D eigenvalue weighted by atomic mass is 10.1. The van der Waals surface area contributed by atoms with Crippen molar-refractivity contribution in [2.24, 2.45) is 0 Å². The van der Waals surface area contributed by atoms with Crippen molar-refractivity contribution in [2.45, 2.75) is 38.6 Å². The number of nitrogens with zero attached hydrogens (tertiary/aromatic N) is 5. The number of aromatic nitrogens is 3. The molecule has 5 rings (SSSR count). The van der Waals surface area contributed by atoms with Crippen molar-refractivity contribution in [1.82, 2.24) is 24.8 Å². The van der Waals surface area contributed by atoms with Crippen molar-refractivity contribution >= 4 is 23.1 Å². The lowest BCUT2D eigenvalue weighted by Gasteiger charge is -2.32. The van der Waals surface area contributed by atoms with Crippen molar-refractivity contribution in [2.75, 3.05) is 38.0 Å². The first-order valence-electron chi connectivity index (χ1n) is 11.3. The molecule has 2 aliphatic rings. The number of hydrogen-bond acceptors (Lipinski definition) is 8. The van der Waals surface area contributed by atoms with Crippen molar-refractivity contribution < 1.29 is 9.21 Å². The van der Waals surface area contributed by atoms with Crippen LogP contribution in [-0.2, 0) is 4.79 Å². The molecular weight excluding hydrogens is 424 g/mol. The highest BCUT2D eigenvalue weighted by Gasteiger charge is 2.29. The minimum atomic E-state index is -0.0605. The molecule has 1 N–H and O–H groups in total. The largest absolute Gasteiger partial charge is 0.458 e. The van der Waals surface area contributed by atoms with Crippen LogP contribution in [0.4, 0.5) is 5.82 Å². The summed E-state index contributed by atoms with van der Waals surface area (Å²) in [6.07, 6.45) is 6.81. The fourth-order valence-electron chi connectivity index (χ4n) is 4.56. The maximum atomic E-state index is 12.8. The number of carbonyl (C=O) groups excluding carboxylic acids is 1. The van der Waals surface area contributed by atoms with E-state index in [2.05, 4.69) is 30.1 Å². The second-order valence-corrected chi connectivity index (χ2v) is 9.43. The van der Waals surface area contributed by atoms with E-state index in [4.69, 9.17) is 4.42 Å². The molecule has 0 saturated carbocycles. The number of piperidine rings is 1. The fourth-order valence-corrected chi connectivity index (χ4v) is 5.16. The first-order valence-corrected chi connectivity index (χ1v) is 12.1. The summed E-state index contributed by atoms with van der Waals surface area (Å²) in [6, 6.07) is 6.06. The van der Waals surface area contributed by atoms with E-state index in [0.29, 0.717) is 35.7 Å². The summed E-state index contributed by atoms with van der Waals surface area (Å²) in [7, 11) is 0. The van der Waals surface area contributed by atoms with Gasteiger partial charge in [-0.05, 0) is 51.4 Å². The van der Waals surface area contributed by atoms with Gasteiger partial charge in [0.05, 0.1) is 6.54 Å². The molecule has 0 aromatic carbocycles. The van der Waals surface area contributed by atoms with Crippen LogP contribution in [0.3, 0.4) is 0 Å². The molecule has 3 aromatic rings. The number of thiazole rings is 1. The molecule has 1 atom stereocenters. The van der Waals surface area contributed by atoms with Crippen molar-refractivity contribution in [3.8, 4) is 22.3 Å². The Hall–Kier alpha value is -2.62. The van der Waals surface area contributed by atoms with Gasteiger partial charge in [0.25, 0.3) is 0 Å². The molecule has 9 heteroatoms. The molecule has 3 aromatic heterocycles. The highest BCUT2D eigenvalue weighted by molar-refractivity contribution is 7.13. The topological polar surface area (TPSA) is 87.4 Å². The van der Waals surface area contributed by atoms with Crippen LogP contribution in [-0.4, -0.2) is 69.4 Å². The van der Waals surface area contributed by atoms with Gasteiger partial charge in [0.1, 0.15) is 22.3 Å². The number of carbonyl (C=O) groups is 1. The van der Waals surface area contributed by atoms with Crippen LogP contribution in [0.2, 0.25) is 0 Å². The molecule has 0 bridgehead atoms. The molecule has 168 valence electrons. The van der Waals surface area contributed by atoms with Gasteiger partial charge in [-0.3, -0.25) is 14.6 Å². The van der Waals surface area contributed by atoms with Gasteiger partial charge in [0, 0.05) is 36.8 Å². The quantitative estimate of drug-likeness (QED) is 0.611. The summed E-state index contributed by atoms with van der Waals surface area (Å²) in [4.78, 5) is 31.2. The van der Waals surface area contributed by atoms with E-state index in [0.717, 1.165) is 30.3 Å². The Morgan fingerprint density at radius 1 is 1.22 bits per heavy atom. The Kier molecular flexibility index (Phi) is 6.29. The van der Waals surface area contributed by atoms with Gasteiger partial charge in [-0.15, -0.1) is 11.3 Å². The molecule has 2 aliphatic heterocycles. The monoisotopic (exact) mass is 452 g/mol. The summed E-state index contributed by atoms with van der Waals surface area (Å²) in [5.74, 6) is 2.19. The standard InChI is InChI=1S/C23H28N6O2S/c1-16-5-6-19(31-16)22-25-18(23-24-8-12-32-23)13-20(27-22)26-21(30)15-28-11-7-17(14-28)29-9-3-2-4-10-29/h5-6,8,12-13,17H,2-4,7,9-11,14-15H2,1H3,(H,25,26,27,30). The summed E-state index contributed by atoms with van der Waals surface area (Å²) < 4.78 is 5.71. The minimum absolute atomic E-state index is 0.0605. The molecule has 0 radical (unpaired) electrons. The van der Waals surface area contributed by atoms with E-state index in [9.17, 15) is 4.79 Å². The minimum Gasteiger partial charge on any atom is -0.458 e. The molecular formula is C23H28N6O2S. The van der Waals surface area contributed by atoms with Gasteiger partial charge < -0.3 is 9.73 Å². The maximum Gasteiger partial charge on any atom is 0.239 e. The smallest absolute Gasteiger partial charge is 0.239 e. The highest BCUT2D eigenvalue weighted by Crippen LogP contribution is 2.27. The highest BCUT2D eigenvalue weighted by atomic mass is 32.1. The van der Waals surface area contributed by atoms with Crippen molar-refractivity contribution in [3.05, 3.63) is 35.5 Å². The number of rotatable bonds is 6. The molecule has 0 aliphatic carbocycles. The predicted octanol–water partition coefficient (Wildman–Crippen LogP) is 3.67. The van der Waals surface area contributed by atoms with E-state index in [1.165, 1.54) is 43.7 Å². The van der Waals surface area contributed by atoms with Gasteiger partial charge in [-0.1, -0.05) is 6.42 Å². The third-order valence-electron chi connectivity index (χ3n) is 6.13. The number of nitrogens with one attached hydrogen (secondary N) is 1. The van der Waals surface area contributed by atoms with Crippen LogP contribution in [0, 0.1) is 6.92 Å². The first-order chi connectivity index (χ1) is 15.6. The van der Waals surface area contributed by atoms with E-state index < -0.39 is 0 Å². The number of furan rings is 1. The van der Waals surface area contributed by atoms with Crippen LogP contribution in [0.15, 0.2) is 34.2 Å². The Morgan fingerprint density at radius 2 is 2.09 bits per heavy atom. The van der Waals surface area contributed by atoms with Gasteiger partial charge in [0.15, 0.2) is 11.6 Å². The zero-order valence-electron chi connectivity index (χ0n) is 18.3. The van der Waals surface area contributed by atoms with Crippen LogP contribution >= 0.6 is 11.3 Å². The molecule has 2 saturated heterocycles. The fraction of sp³-hybridized carbons (Fsp3) is 0.478. The maximum absolute atomic E-state index is 12.8. The number of likely N-dealkylation sites (tertiary alicyclic amines) is 2. The van der Waals surface area contributed by atoms with Gasteiger partial charge in [-0.2, -0.15) is 0 Å². The van der Waals surface area contributed by atoms with Crippen LogP contribution < -0.4 is 5.32 Å². The van der Waals surface area contributed by atoms with Gasteiger partial charge >= 0.3 is 0 Å². The van der Waals surface area contributed by atoms with Crippen LogP contribution in [0.1, 0.15) is 31.4 Å². The van der Waals surface area contributed by atoms with E-state index in [1.807, 2.05) is 24.4 Å². The summed E-state index contributed by atoms with van der Waals surface area (Å²) in [5.41, 5.74) is 0.667. The third-order valence-corrected chi connectivity index (χ3v) is 6.92. The zero-order valence-corrected chi connectivity index (χ0v) is 19.1. The number of amides is 1. The van der Waals surface area contributed by atoms with E-state index in [-0.39, 0.29) is 5.91 Å². The van der Waals surface area contributed by atoms with Crippen LogP contribution in [0.5, 0.6) is 0 Å². The average Bonchev–Trinajstić information content (AvgIpc) is 3.56. The van der Waals surface area contributed by atoms with Gasteiger partial charge in [0.2, 0.25) is 5.91 Å². The molecule has 32 heavy (non-hydrogen) atoms. The van der Waals surface area contributed by atoms with E-state index >= 15 is 0 Å². The molecule has 0 spiro atoms. The molecule has 1 amide bonds. The Balaban J connectivity index is 1.28. The molecule has 2 fully saturated rings. The summed E-state index contributed by atoms with van der Waals surface area (Å²) >= 11 is 1.49. The normalized spacial score (nSPS) is 20.0. The third kappa shape index (κ3) is 4.90. The van der Waals surface area contributed by atoms with E-state index in [1.54, 1.807) is 12.3 Å². The lowest BCUT2D eigenvalue weighted by molar-refractivity contribution is -0.117. The molecule has 5 heterocycles. The Morgan fingerprint density at radius 3 is 2.84 bits per heavy atom. The molecule has 8 nitrogen and oxygen atoms in total. The SMILES string of the molecule is Cc1ccc(-c2nc(NC(=O)CN3CCC(N4CCCCC4)C3)cc(-c3nccs3)n2)o1. The summed E-state index contributed by atoms with van der Waals surface area (Å²) in [5, 5.41) is 5.65. The number of aryl methyl sites for hydroxylation is 1. The molecule has 1 unspecified atom stereocenters. The Bertz CT molecular complexity index is 1060. The zero-order chi connectivity index (χ0) is 21.9. The first kappa shape index (κ1) is 21.2. The Labute approximate surface area is 191 Å². The second kappa shape index (κ2) is 9.48. The summed E-state index contributed by atoms with van der Waals surface area (Å²) in [6.45, 7) is 6.55. The predicted molar refractivity (Wildman–Crippen MR) is 124 cm³/mol. The van der Waals surface area contributed by atoms with Gasteiger partial charge in [-0.25, -0.2) is 15.0 Å². The number of hydrogen-bond donors (Lipinski definition) is 1. The van der Waals surface area contributed by atoms with Crippen molar-refractivity contribution in [3.63, 3.8) is 0 Å². The second-order valence-electron chi connectivity index (χ2n) is 8.53. The van der Waals surface area contributed by atoms with Crippen LogP contribution in [0.25, 0.3) is 22.3 Å². The average molecular weight is 453 g/mol. The van der Waals surface area contributed by atoms with Crippen molar-refractivity contribution in [1.29, 1.82) is 0 Å².